The molecular formula is C26H45NO3. The number of carbonyl (C=O) groups excluding carboxylic acids is 1. The summed E-state index contributed by atoms with van der Waals surface area (Å²) in [6, 6.07) is 0. The van der Waals surface area contributed by atoms with Gasteiger partial charge in [-0.25, -0.2) is 0 Å². The Morgan fingerprint density at radius 3 is 2.57 bits per heavy atom. The molecule has 4 aliphatic rings. The van der Waals surface area contributed by atoms with Gasteiger partial charge in [0.15, 0.2) is 0 Å². The lowest BCUT2D eigenvalue weighted by atomic mass is 9.43. The molecule has 0 saturated heterocycles. The molecule has 4 heteroatoms. The highest BCUT2D eigenvalue weighted by atomic mass is 16.3. The monoisotopic (exact) mass is 419 g/mol. The largest absolute Gasteiger partial charge is 0.393 e. The van der Waals surface area contributed by atoms with Crippen LogP contribution in [0.4, 0.5) is 0 Å². The molecule has 0 aromatic rings. The second-order valence-electron chi connectivity index (χ2n) is 11.9. The van der Waals surface area contributed by atoms with E-state index in [2.05, 4.69) is 26.1 Å². The average molecular weight is 420 g/mol. The van der Waals surface area contributed by atoms with Crippen LogP contribution < -0.4 is 5.32 Å². The van der Waals surface area contributed by atoms with Crippen molar-refractivity contribution in [2.45, 2.75) is 104 Å². The normalized spacial score (nSPS) is 48.9. The highest BCUT2D eigenvalue weighted by Crippen LogP contribution is 2.68. The lowest BCUT2D eigenvalue weighted by Crippen LogP contribution is -2.58. The van der Waals surface area contributed by atoms with Gasteiger partial charge in [-0.15, -0.1) is 0 Å². The molecule has 30 heavy (non-hydrogen) atoms. The zero-order chi connectivity index (χ0) is 21.7. The number of nitrogens with one attached hydrogen (secondary N) is 1. The van der Waals surface area contributed by atoms with Crippen LogP contribution in [0.15, 0.2) is 0 Å². The SMILES string of the molecule is CCNC(=O)CC[C@@H](C)[C@H]1CC[C@H]2[C@@H]3CC[C@@H]4C[C@H](O)CC[C@]4(C)[C@H]3C[C@H](O)[C@]12C. The van der Waals surface area contributed by atoms with Crippen molar-refractivity contribution in [1.82, 2.24) is 5.32 Å². The Morgan fingerprint density at radius 2 is 1.83 bits per heavy atom. The van der Waals surface area contributed by atoms with E-state index in [1.54, 1.807) is 0 Å². The van der Waals surface area contributed by atoms with Crippen molar-refractivity contribution in [3.8, 4) is 0 Å². The van der Waals surface area contributed by atoms with E-state index in [9.17, 15) is 15.0 Å². The zero-order valence-corrected chi connectivity index (χ0v) is 19.7. The number of hydrogen-bond acceptors (Lipinski definition) is 3. The molecule has 10 atom stereocenters. The third kappa shape index (κ3) is 3.54. The predicted octanol–water partition coefficient (Wildman–Crippen LogP) is 4.53. The van der Waals surface area contributed by atoms with E-state index in [1.807, 2.05) is 6.92 Å². The Morgan fingerprint density at radius 1 is 1.07 bits per heavy atom. The molecule has 0 radical (unpaired) electrons. The Hall–Kier alpha value is -0.610. The summed E-state index contributed by atoms with van der Waals surface area (Å²) in [6.07, 6.45) is 10.2. The molecular weight excluding hydrogens is 374 g/mol. The van der Waals surface area contributed by atoms with Crippen molar-refractivity contribution in [2.24, 2.45) is 46.3 Å². The van der Waals surface area contributed by atoms with E-state index in [4.69, 9.17) is 0 Å². The van der Waals surface area contributed by atoms with E-state index >= 15 is 0 Å². The average Bonchev–Trinajstić information content (AvgIpc) is 3.07. The first-order valence-electron chi connectivity index (χ1n) is 12.8. The van der Waals surface area contributed by atoms with Crippen LogP contribution >= 0.6 is 0 Å². The second-order valence-corrected chi connectivity index (χ2v) is 11.9. The van der Waals surface area contributed by atoms with Gasteiger partial charge in [0.2, 0.25) is 5.91 Å². The van der Waals surface area contributed by atoms with Gasteiger partial charge in [0, 0.05) is 13.0 Å². The van der Waals surface area contributed by atoms with E-state index in [1.165, 1.54) is 25.7 Å². The maximum absolute atomic E-state index is 12.0. The number of aliphatic hydroxyl groups is 2. The van der Waals surface area contributed by atoms with Crippen LogP contribution in [0.2, 0.25) is 0 Å². The van der Waals surface area contributed by atoms with Crippen LogP contribution in [-0.4, -0.2) is 34.9 Å². The fourth-order valence-electron chi connectivity index (χ4n) is 9.01. The molecule has 4 rings (SSSR count). The Bertz CT molecular complexity index is 638. The van der Waals surface area contributed by atoms with Crippen molar-refractivity contribution < 1.29 is 15.0 Å². The van der Waals surface area contributed by atoms with Crippen molar-refractivity contribution in [3.05, 3.63) is 0 Å². The lowest BCUT2D eigenvalue weighted by molar-refractivity contribution is -0.174. The summed E-state index contributed by atoms with van der Waals surface area (Å²) < 4.78 is 0. The summed E-state index contributed by atoms with van der Waals surface area (Å²) in [6.45, 7) is 9.86. The quantitative estimate of drug-likeness (QED) is 0.613. The third-order valence-corrected chi connectivity index (χ3v) is 10.7. The molecule has 4 aliphatic carbocycles. The zero-order valence-electron chi connectivity index (χ0n) is 19.7. The number of aliphatic hydroxyl groups excluding tert-OH is 2. The third-order valence-electron chi connectivity index (χ3n) is 10.7. The minimum atomic E-state index is -0.231. The van der Waals surface area contributed by atoms with Crippen molar-refractivity contribution in [2.75, 3.05) is 6.54 Å². The summed E-state index contributed by atoms with van der Waals surface area (Å²) in [7, 11) is 0. The molecule has 1 amide bonds. The van der Waals surface area contributed by atoms with E-state index in [-0.39, 0.29) is 23.5 Å². The Balaban J connectivity index is 1.50. The lowest BCUT2D eigenvalue weighted by Gasteiger charge is -2.62. The van der Waals surface area contributed by atoms with Gasteiger partial charge in [-0.2, -0.15) is 0 Å². The maximum atomic E-state index is 12.0. The van der Waals surface area contributed by atoms with Gasteiger partial charge in [-0.05, 0) is 111 Å². The first-order valence-corrected chi connectivity index (χ1v) is 12.8. The number of fused-ring (bicyclic) bond motifs is 5. The molecule has 0 aromatic carbocycles. The summed E-state index contributed by atoms with van der Waals surface area (Å²) in [5.41, 5.74) is 0.297. The summed E-state index contributed by atoms with van der Waals surface area (Å²) in [5, 5.41) is 24.8. The van der Waals surface area contributed by atoms with Crippen molar-refractivity contribution >= 4 is 5.91 Å². The van der Waals surface area contributed by atoms with Gasteiger partial charge in [-0.1, -0.05) is 20.8 Å². The van der Waals surface area contributed by atoms with E-state index in [0.717, 1.165) is 38.0 Å². The van der Waals surface area contributed by atoms with E-state index < -0.39 is 0 Å². The number of carbonyl (C=O) groups is 1. The summed E-state index contributed by atoms with van der Waals surface area (Å²) in [5.74, 6) is 3.76. The van der Waals surface area contributed by atoms with Gasteiger partial charge in [0.1, 0.15) is 0 Å². The number of hydrogen-bond donors (Lipinski definition) is 3. The van der Waals surface area contributed by atoms with Gasteiger partial charge >= 0.3 is 0 Å². The molecule has 0 heterocycles. The highest BCUT2D eigenvalue weighted by Gasteiger charge is 2.63. The first kappa shape index (κ1) is 22.6. The fraction of sp³-hybridized carbons (Fsp3) is 0.962. The molecule has 0 unspecified atom stereocenters. The Kier molecular flexibility index (Phi) is 6.31. The van der Waals surface area contributed by atoms with Crippen LogP contribution in [0, 0.1) is 46.3 Å². The molecule has 0 aromatic heterocycles. The second kappa shape index (κ2) is 8.39. The number of amides is 1. The molecule has 0 spiro atoms. The van der Waals surface area contributed by atoms with Gasteiger partial charge in [-0.3, -0.25) is 4.79 Å². The molecule has 0 aliphatic heterocycles. The number of rotatable bonds is 5. The highest BCUT2D eigenvalue weighted by molar-refractivity contribution is 5.75. The van der Waals surface area contributed by atoms with Gasteiger partial charge in [0.25, 0.3) is 0 Å². The fourth-order valence-corrected chi connectivity index (χ4v) is 9.01. The minimum Gasteiger partial charge on any atom is -0.393 e. The van der Waals surface area contributed by atoms with Crippen LogP contribution in [0.25, 0.3) is 0 Å². The van der Waals surface area contributed by atoms with E-state index in [0.29, 0.717) is 48.0 Å². The smallest absolute Gasteiger partial charge is 0.219 e. The molecule has 172 valence electrons. The summed E-state index contributed by atoms with van der Waals surface area (Å²) >= 11 is 0. The Labute approximate surface area is 183 Å². The van der Waals surface area contributed by atoms with Crippen molar-refractivity contribution in [1.29, 1.82) is 0 Å². The van der Waals surface area contributed by atoms with Gasteiger partial charge in [0.05, 0.1) is 12.2 Å². The minimum absolute atomic E-state index is 0.000800. The first-order chi connectivity index (χ1) is 14.2. The molecule has 3 N–H and O–H groups in total. The van der Waals surface area contributed by atoms with Gasteiger partial charge < -0.3 is 15.5 Å². The molecule has 4 saturated carbocycles. The summed E-state index contributed by atoms with van der Waals surface area (Å²) in [4.78, 5) is 12.0. The van der Waals surface area contributed by atoms with Crippen LogP contribution in [-0.2, 0) is 4.79 Å². The molecule has 4 fully saturated rings. The van der Waals surface area contributed by atoms with Crippen molar-refractivity contribution in [3.63, 3.8) is 0 Å². The predicted molar refractivity (Wildman–Crippen MR) is 120 cm³/mol. The van der Waals surface area contributed by atoms with Crippen LogP contribution in [0.3, 0.4) is 0 Å². The van der Waals surface area contributed by atoms with Crippen LogP contribution in [0.1, 0.15) is 91.9 Å². The van der Waals surface area contributed by atoms with Crippen LogP contribution in [0.5, 0.6) is 0 Å². The maximum Gasteiger partial charge on any atom is 0.219 e. The standard InChI is InChI=1S/C26H45NO3/c1-5-27-24(30)11-6-16(2)20-9-10-21-19-8-7-17-14-18(28)12-13-25(17,3)22(19)15-23(29)26(20,21)4/h16-23,28-29H,5-15H2,1-4H3,(H,27,30)/t16-,17-,18-,19+,20-,21+,22+,23+,25+,26-/m1/s1. The molecule has 0 bridgehead atoms. The molecule has 4 nitrogen and oxygen atoms in total. The topological polar surface area (TPSA) is 69.6 Å².